The fraction of sp³-hybridized carbons (Fsp3) is 0.688. The number of nitrogens with zero attached hydrogens (tertiary/aromatic N) is 5. The Balaban J connectivity index is 1.49. The zero-order valence-electron chi connectivity index (χ0n) is 14.4. The molecule has 140 valence electrons. The summed E-state index contributed by atoms with van der Waals surface area (Å²) in [5, 5.41) is 13.0. The van der Waals surface area contributed by atoms with Gasteiger partial charge in [-0.1, -0.05) is 19.3 Å². The van der Waals surface area contributed by atoms with E-state index in [0.717, 1.165) is 30.6 Å². The van der Waals surface area contributed by atoms with Crippen LogP contribution in [-0.4, -0.2) is 43.4 Å². The number of ether oxygens (including phenoxy) is 1. The van der Waals surface area contributed by atoms with Crippen molar-refractivity contribution >= 4 is 17.0 Å². The van der Waals surface area contributed by atoms with E-state index in [0.29, 0.717) is 18.1 Å². The van der Waals surface area contributed by atoms with Crippen LogP contribution in [-0.2, 0) is 9.57 Å². The van der Waals surface area contributed by atoms with E-state index in [2.05, 4.69) is 25.1 Å². The zero-order valence-corrected chi connectivity index (χ0v) is 14.4. The van der Waals surface area contributed by atoms with Crippen molar-refractivity contribution in [1.82, 2.24) is 19.5 Å². The Bertz CT molecular complexity index is 775. The van der Waals surface area contributed by atoms with E-state index >= 15 is 0 Å². The fourth-order valence-electron chi connectivity index (χ4n) is 3.77. The van der Waals surface area contributed by atoms with E-state index in [-0.39, 0.29) is 18.9 Å². The van der Waals surface area contributed by atoms with Gasteiger partial charge in [0, 0.05) is 6.04 Å². The monoisotopic (exact) mass is 362 g/mol. The second kappa shape index (κ2) is 7.40. The molecular weight excluding hydrogens is 340 g/mol. The summed E-state index contributed by atoms with van der Waals surface area (Å²) in [6, 6.07) is 0.429. The Morgan fingerprint density at radius 3 is 2.88 bits per heavy atom. The predicted molar refractivity (Wildman–Crippen MR) is 91.9 cm³/mol. The molecule has 10 nitrogen and oxygen atoms in total. The number of nitrogens with one attached hydrogen (secondary N) is 1. The summed E-state index contributed by atoms with van der Waals surface area (Å²) < 4.78 is 7.74. The number of aromatic nitrogens is 4. The van der Waals surface area contributed by atoms with Crippen LogP contribution in [0.5, 0.6) is 0 Å². The van der Waals surface area contributed by atoms with E-state index in [9.17, 15) is 10.1 Å². The van der Waals surface area contributed by atoms with Crippen LogP contribution in [0.15, 0.2) is 12.7 Å². The van der Waals surface area contributed by atoms with Gasteiger partial charge in [-0.3, -0.25) is 4.57 Å². The van der Waals surface area contributed by atoms with Crippen LogP contribution in [0.3, 0.4) is 0 Å². The van der Waals surface area contributed by atoms with Crippen molar-refractivity contribution in [2.24, 2.45) is 0 Å². The summed E-state index contributed by atoms with van der Waals surface area (Å²) in [5.74, 6) is 0.756. The summed E-state index contributed by atoms with van der Waals surface area (Å²) in [6.45, 7) is -0.0560. The molecule has 0 bridgehead atoms. The fourth-order valence-corrected chi connectivity index (χ4v) is 3.77. The highest BCUT2D eigenvalue weighted by atomic mass is 17.0. The lowest BCUT2D eigenvalue weighted by Crippen LogP contribution is -2.23. The highest BCUT2D eigenvalue weighted by Crippen LogP contribution is 2.32. The van der Waals surface area contributed by atoms with Gasteiger partial charge in [0.05, 0.1) is 12.4 Å². The molecule has 0 aromatic carbocycles. The molecule has 2 atom stereocenters. The predicted octanol–water partition coefficient (Wildman–Crippen LogP) is 2.46. The van der Waals surface area contributed by atoms with Gasteiger partial charge in [0.25, 0.3) is 5.09 Å². The lowest BCUT2D eigenvalue weighted by Gasteiger charge is -2.23. The molecule has 10 heteroatoms. The molecule has 2 aromatic rings. The van der Waals surface area contributed by atoms with Crippen LogP contribution in [0.4, 0.5) is 5.82 Å². The molecule has 0 unspecified atom stereocenters. The van der Waals surface area contributed by atoms with Gasteiger partial charge in [-0.05, 0) is 25.7 Å². The maximum Gasteiger partial charge on any atom is 0.294 e. The van der Waals surface area contributed by atoms with Gasteiger partial charge in [-0.25, -0.2) is 15.0 Å². The van der Waals surface area contributed by atoms with Crippen molar-refractivity contribution in [3.05, 3.63) is 22.8 Å². The maximum absolute atomic E-state index is 10.3. The van der Waals surface area contributed by atoms with Crippen LogP contribution in [0, 0.1) is 10.1 Å². The van der Waals surface area contributed by atoms with Gasteiger partial charge in [0.1, 0.15) is 19.2 Å². The minimum Gasteiger partial charge on any atom is -0.365 e. The van der Waals surface area contributed by atoms with E-state index in [1.807, 2.05) is 4.57 Å². The minimum atomic E-state index is -0.792. The Morgan fingerprint density at radius 1 is 1.23 bits per heavy atom. The molecule has 1 saturated carbocycles. The number of fused-ring (bicyclic) bond motifs is 1. The van der Waals surface area contributed by atoms with E-state index in [1.54, 1.807) is 6.33 Å². The van der Waals surface area contributed by atoms with Crippen LogP contribution >= 0.6 is 0 Å². The molecule has 0 radical (unpaired) electrons. The topological polar surface area (TPSA) is 117 Å². The molecule has 3 heterocycles. The van der Waals surface area contributed by atoms with Gasteiger partial charge < -0.3 is 14.9 Å². The molecule has 1 aliphatic heterocycles. The van der Waals surface area contributed by atoms with Crippen LogP contribution < -0.4 is 5.32 Å². The number of hydrogen-bond donors (Lipinski definition) is 1. The molecule has 0 amide bonds. The minimum absolute atomic E-state index is 0.0560. The summed E-state index contributed by atoms with van der Waals surface area (Å²) in [6.07, 6.45) is 10.2. The molecule has 2 aliphatic rings. The first-order valence-corrected chi connectivity index (χ1v) is 9.07. The molecular formula is C16H22N6O4. The Hall–Kier alpha value is -2.49. The van der Waals surface area contributed by atoms with Gasteiger partial charge in [-0.15, -0.1) is 10.1 Å². The first-order valence-electron chi connectivity index (χ1n) is 9.07. The summed E-state index contributed by atoms with van der Waals surface area (Å²) in [4.78, 5) is 28.0. The van der Waals surface area contributed by atoms with Crippen molar-refractivity contribution in [3.8, 4) is 0 Å². The Morgan fingerprint density at radius 2 is 2.08 bits per heavy atom. The Labute approximate surface area is 150 Å². The molecule has 2 fully saturated rings. The third kappa shape index (κ3) is 3.55. The molecule has 4 rings (SSSR count). The van der Waals surface area contributed by atoms with Crippen LogP contribution in [0.25, 0.3) is 11.2 Å². The highest BCUT2D eigenvalue weighted by molar-refractivity contribution is 5.82. The van der Waals surface area contributed by atoms with Crippen molar-refractivity contribution in [3.63, 3.8) is 0 Å². The average Bonchev–Trinajstić information content (AvgIpc) is 3.28. The summed E-state index contributed by atoms with van der Waals surface area (Å²) >= 11 is 0. The highest BCUT2D eigenvalue weighted by Gasteiger charge is 2.29. The number of imidazole rings is 1. The van der Waals surface area contributed by atoms with E-state index in [4.69, 9.17) is 4.74 Å². The van der Waals surface area contributed by atoms with Gasteiger partial charge in [-0.2, -0.15) is 0 Å². The molecule has 1 aliphatic carbocycles. The summed E-state index contributed by atoms with van der Waals surface area (Å²) in [7, 11) is 0. The quantitative estimate of drug-likeness (QED) is 0.615. The van der Waals surface area contributed by atoms with Crippen LogP contribution in [0.1, 0.15) is 51.2 Å². The van der Waals surface area contributed by atoms with Crippen molar-refractivity contribution in [1.29, 1.82) is 0 Å². The zero-order chi connectivity index (χ0) is 17.9. The van der Waals surface area contributed by atoms with Gasteiger partial charge in [0.2, 0.25) is 0 Å². The number of hydrogen-bond acceptors (Lipinski definition) is 8. The molecule has 1 saturated heterocycles. The summed E-state index contributed by atoms with van der Waals surface area (Å²) in [5.41, 5.74) is 1.44. The lowest BCUT2D eigenvalue weighted by molar-refractivity contribution is -0.759. The second-order valence-electron chi connectivity index (χ2n) is 6.84. The lowest BCUT2D eigenvalue weighted by atomic mass is 9.95. The van der Waals surface area contributed by atoms with E-state index < -0.39 is 5.09 Å². The van der Waals surface area contributed by atoms with Crippen molar-refractivity contribution < 1.29 is 14.7 Å². The van der Waals surface area contributed by atoms with Crippen LogP contribution in [0.2, 0.25) is 0 Å². The molecule has 0 spiro atoms. The third-order valence-electron chi connectivity index (χ3n) is 5.07. The van der Waals surface area contributed by atoms with Crippen molar-refractivity contribution in [2.45, 2.75) is 63.3 Å². The molecule has 2 aromatic heterocycles. The average molecular weight is 362 g/mol. The standard InChI is InChI=1S/C16H22N6O4/c23-22(24)25-8-12-6-7-13(26-12)21-10-19-14-15(17-9-18-16(14)21)20-11-4-2-1-3-5-11/h9-13H,1-8H2,(H,17,18,20)/t12-,13+/m0/s1. The normalized spacial score (nSPS) is 24.0. The van der Waals surface area contributed by atoms with Crippen molar-refractivity contribution in [2.75, 3.05) is 11.9 Å². The van der Waals surface area contributed by atoms with E-state index in [1.165, 1.54) is 25.6 Å². The molecule has 1 N–H and O–H groups in total. The molecule has 26 heavy (non-hydrogen) atoms. The number of anilines is 1. The largest absolute Gasteiger partial charge is 0.365 e. The second-order valence-corrected chi connectivity index (χ2v) is 6.84. The van der Waals surface area contributed by atoms with Gasteiger partial charge >= 0.3 is 0 Å². The maximum atomic E-state index is 10.3. The third-order valence-corrected chi connectivity index (χ3v) is 5.07. The number of rotatable bonds is 6. The Kier molecular flexibility index (Phi) is 4.83. The first-order chi connectivity index (χ1) is 12.7. The first kappa shape index (κ1) is 17.0. The SMILES string of the molecule is O=[N+]([O-])OC[C@@H]1CC[C@H](n2cnc3c(NC4CCCCC4)ncnc32)O1. The smallest absolute Gasteiger partial charge is 0.294 e. The van der Waals surface area contributed by atoms with Gasteiger partial charge in [0.15, 0.2) is 17.0 Å².